The highest BCUT2D eigenvalue weighted by molar-refractivity contribution is 5.96. The van der Waals surface area contributed by atoms with Gasteiger partial charge in [0.1, 0.15) is 23.4 Å². The molecule has 1 aromatic rings. The second kappa shape index (κ2) is 14.4. The summed E-state index contributed by atoms with van der Waals surface area (Å²) in [4.78, 5) is 52.3. The van der Waals surface area contributed by atoms with Crippen molar-refractivity contribution in [3.05, 3.63) is 29.8 Å². The second-order valence-corrected chi connectivity index (χ2v) is 12.1. The van der Waals surface area contributed by atoms with Gasteiger partial charge in [-0.2, -0.15) is 0 Å². The molecule has 238 valence electrons. The van der Waals surface area contributed by atoms with Gasteiger partial charge in [-0.3, -0.25) is 24.1 Å². The zero-order valence-electron chi connectivity index (χ0n) is 25.3. The van der Waals surface area contributed by atoms with Gasteiger partial charge in [0.25, 0.3) is 0 Å². The Morgan fingerprint density at radius 1 is 1.07 bits per heavy atom. The molecule has 42 heavy (non-hydrogen) atoms. The van der Waals surface area contributed by atoms with E-state index in [-0.39, 0.29) is 35.5 Å². The quantitative estimate of drug-likeness (QED) is 0.313. The van der Waals surface area contributed by atoms with Crippen molar-refractivity contribution in [1.82, 2.24) is 20.9 Å². The maximum Gasteiger partial charge on any atom is 0.243 e. The lowest BCUT2D eigenvalue weighted by Crippen LogP contribution is -2.55. The van der Waals surface area contributed by atoms with Crippen molar-refractivity contribution in [3.63, 3.8) is 0 Å². The molecular weight excluding hydrogens is 540 g/mol. The largest absolute Gasteiger partial charge is 0.497 e. The SMILES string of the molecule is CC1[C@H]2CCC[C@@H]12.COc1ccc(C[C@H](NC(=O)[C@H](C)NC(=O)CN2CCOCC2)C(=O)NCC(=O)[C@@]2(C)CO2)cc1.[HH].[HH].[HH]. The molecular formula is C31H52N4O7. The number of amides is 3. The third kappa shape index (κ3) is 8.99. The van der Waals surface area contributed by atoms with Gasteiger partial charge >= 0.3 is 0 Å². The van der Waals surface area contributed by atoms with Crippen molar-refractivity contribution in [2.24, 2.45) is 17.8 Å². The summed E-state index contributed by atoms with van der Waals surface area (Å²) in [7, 11) is 1.56. The van der Waals surface area contributed by atoms with Gasteiger partial charge in [0.05, 0.1) is 40.0 Å². The van der Waals surface area contributed by atoms with Crippen molar-refractivity contribution < 1.29 is 37.7 Å². The van der Waals surface area contributed by atoms with Crippen LogP contribution in [0.15, 0.2) is 24.3 Å². The minimum Gasteiger partial charge on any atom is -0.497 e. The molecule has 6 atom stereocenters. The summed E-state index contributed by atoms with van der Waals surface area (Å²) in [6, 6.07) is 5.31. The van der Waals surface area contributed by atoms with E-state index >= 15 is 0 Å². The monoisotopic (exact) mass is 592 g/mol. The molecule has 0 bridgehead atoms. The number of rotatable bonds is 12. The van der Waals surface area contributed by atoms with E-state index in [9.17, 15) is 19.2 Å². The fourth-order valence-corrected chi connectivity index (χ4v) is 5.74. The summed E-state index contributed by atoms with van der Waals surface area (Å²) >= 11 is 0. The highest BCUT2D eigenvalue weighted by Crippen LogP contribution is 2.56. The summed E-state index contributed by atoms with van der Waals surface area (Å²) in [5.74, 6) is 2.63. The highest BCUT2D eigenvalue weighted by Gasteiger charge is 2.49. The number of nitrogens with zero attached hydrogens (tertiary/aromatic N) is 1. The predicted octanol–water partition coefficient (Wildman–Crippen LogP) is 1.82. The van der Waals surface area contributed by atoms with Crippen LogP contribution < -0.4 is 20.7 Å². The number of Topliss-reactive ketones (excluding diaryl/α,β-unsaturated/α-hetero) is 1. The van der Waals surface area contributed by atoms with Gasteiger partial charge in [0.15, 0.2) is 5.78 Å². The summed E-state index contributed by atoms with van der Waals surface area (Å²) in [6.07, 6.45) is 4.81. The Kier molecular flexibility index (Phi) is 11.0. The molecule has 4 fully saturated rings. The summed E-state index contributed by atoms with van der Waals surface area (Å²) in [6.45, 7) is 8.36. The molecule has 1 unspecified atom stereocenters. The van der Waals surface area contributed by atoms with Crippen LogP contribution in [0, 0.1) is 17.8 Å². The number of carbonyl (C=O) groups excluding carboxylic acids is 4. The fraction of sp³-hybridized carbons (Fsp3) is 0.677. The Morgan fingerprint density at radius 2 is 1.71 bits per heavy atom. The van der Waals surface area contributed by atoms with Crippen LogP contribution in [-0.2, 0) is 35.1 Å². The Hall–Kier alpha value is -3.02. The van der Waals surface area contributed by atoms with E-state index in [1.165, 1.54) is 18.3 Å². The molecule has 4 aliphatic rings. The molecule has 11 heteroatoms. The van der Waals surface area contributed by atoms with Crippen molar-refractivity contribution in [2.45, 2.75) is 64.1 Å². The maximum absolute atomic E-state index is 12.9. The molecule has 2 aliphatic carbocycles. The molecule has 2 saturated carbocycles. The zero-order chi connectivity index (χ0) is 30.3. The first-order valence-corrected chi connectivity index (χ1v) is 15.1. The number of epoxide rings is 1. The van der Waals surface area contributed by atoms with Crippen molar-refractivity contribution in [1.29, 1.82) is 0 Å². The van der Waals surface area contributed by atoms with Crippen molar-refractivity contribution in [3.8, 4) is 5.75 Å². The molecule has 0 radical (unpaired) electrons. The lowest BCUT2D eigenvalue weighted by atomic mass is 10.0. The number of benzene rings is 1. The standard InChI is InChI=1S/C24H34N4O7.C7H12.3H2/c1-16(26-21(30)14-28-8-10-34-11-9-28)22(31)27-19(12-17-4-6-18(33-3)7-5-17)23(32)25-13-20(29)24(2)15-35-24;1-5-6-3-2-4-7(5)6;;;/h4-7,16,19H,8-15H2,1-3H3,(H,25,32)(H,26,30)(H,27,31);5-7H,2-4H2,1H3;3*1H/t16-,19-,24+;5?,6-,7+;;;/m0..../s1. The van der Waals surface area contributed by atoms with E-state index in [4.69, 9.17) is 14.2 Å². The van der Waals surface area contributed by atoms with Crippen LogP contribution >= 0.6 is 0 Å². The zero-order valence-corrected chi connectivity index (χ0v) is 25.3. The van der Waals surface area contributed by atoms with E-state index in [1.807, 2.05) is 4.90 Å². The number of ketones is 1. The summed E-state index contributed by atoms with van der Waals surface area (Å²) in [5, 5.41) is 7.98. The van der Waals surface area contributed by atoms with E-state index in [2.05, 4.69) is 22.9 Å². The third-order valence-electron chi connectivity index (χ3n) is 8.90. The number of nitrogens with one attached hydrogen (secondary N) is 3. The van der Waals surface area contributed by atoms with Crippen LogP contribution in [0.2, 0.25) is 0 Å². The van der Waals surface area contributed by atoms with Crippen LogP contribution in [0.1, 0.15) is 49.9 Å². The van der Waals surface area contributed by atoms with Crippen LogP contribution in [0.25, 0.3) is 0 Å². The Morgan fingerprint density at radius 3 is 2.26 bits per heavy atom. The number of morpholine rings is 1. The van der Waals surface area contributed by atoms with Crippen molar-refractivity contribution in [2.75, 3.05) is 53.1 Å². The van der Waals surface area contributed by atoms with Crippen LogP contribution in [-0.4, -0.2) is 99.2 Å². The van der Waals surface area contributed by atoms with Gasteiger partial charge in [-0.1, -0.05) is 25.5 Å². The molecule has 2 saturated heterocycles. The normalized spacial score (nSPS) is 27.3. The molecule has 5 rings (SSSR count). The number of ether oxygens (including phenoxy) is 3. The topological polar surface area (TPSA) is 139 Å². The first kappa shape index (κ1) is 31.9. The van der Waals surface area contributed by atoms with E-state index < -0.39 is 29.5 Å². The summed E-state index contributed by atoms with van der Waals surface area (Å²) in [5.41, 5.74) is -0.0551. The van der Waals surface area contributed by atoms with E-state index in [0.717, 1.165) is 11.5 Å². The lowest BCUT2D eigenvalue weighted by Gasteiger charge is -2.26. The molecule has 2 aliphatic heterocycles. The minimum atomic E-state index is -0.949. The van der Waals surface area contributed by atoms with Crippen molar-refractivity contribution >= 4 is 23.5 Å². The average molecular weight is 593 g/mol. The molecule has 0 aromatic heterocycles. The fourth-order valence-electron chi connectivity index (χ4n) is 5.74. The maximum atomic E-state index is 12.9. The predicted molar refractivity (Wildman–Crippen MR) is 162 cm³/mol. The Bertz CT molecular complexity index is 1110. The number of fused-ring (bicyclic) bond motifs is 1. The first-order valence-electron chi connectivity index (χ1n) is 15.1. The number of hydrogen-bond acceptors (Lipinski definition) is 8. The molecule has 2 heterocycles. The Labute approximate surface area is 252 Å². The number of methoxy groups -OCH3 is 1. The lowest BCUT2D eigenvalue weighted by molar-refractivity contribution is -0.133. The second-order valence-electron chi connectivity index (χ2n) is 12.1. The first-order chi connectivity index (χ1) is 20.1. The van der Waals surface area contributed by atoms with Gasteiger partial charge in [-0.25, -0.2) is 0 Å². The van der Waals surface area contributed by atoms with E-state index in [0.29, 0.717) is 38.7 Å². The van der Waals surface area contributed by atoms with Gasteiger partial charge in [-0.05, 0) is 62.1 Å². The molecule has 0 spiro atoms. The minimum absolute atomic E-state index is 0. The Balaban J connectivity index is 0.000000880. The van der Waals surface area contributed by atoms with Gasteiger partial charge < -0.3 is 30.2 Å². The van der Waals surface area contributed by atoms with Crippen LogP contribution in [0.5, 0.6) is 5.75 Å². The number of carbonyl (C=O) groups is 4. The van der Waals surface area contributed by atoms with E-state index in [1.54, 1.807) is 58.1 Å². The molecule has 11 nitrogen and oxygen atoms in total. The highest BCUT2D eigenvalue weighted by atomic mass is 16.6. The van der Waals surface area contributed by atoms with Gasteiger partial charge in [-0.15, -0.1) is 0 Å². The summed E-state index contributed by atoms with van der Waals surface area (Å²) < 4.78 is 15.6. The van der Waals surface area contributed by atoms with Gasteiger partial charge in [0.2, 0.25) is 17.7 Å². The van der Waals surface area contributed by atoms with Crippen LogP contribution in [0.3, 0.4) is 0 Å². The number of hydrogen-bond donors (Lipinski definition) is 3. The van der Waals surface area contributed by atoms with Gasteiger partial charge in [0, 0.05) is 23.8 Å². The smallest absolute Gasteiger partial charge is 0.243 e. The molecule has 1 aromatic carbocycles. The average Bonchev–Trinajstić information content (AvgIpc) is 3.80. The molecule has 3 amide bonds. The van der Waals surface area contributed by atoms with Crippen LogP contribution in [0.4, 0.5) is 0 Å². The molecule has 3 N–H and O–H groups in total. The third-order valence-corrected chi connectivity index (χ3v) is 8.90.